The lowest BCUT2D eigenvalue weighted by Crippen LogP contribution is -2.57. The summed E-state index contributed by atoms with van der Waals surface area (Å²) < 4.78 is 5.61. The molecule has 33 heavy (non-hydrogen) atoms. The maximum atomic E-state index is 12.8. The number of hydrogen-bond acceptors (Lipinski definition) is 3. The van der Waals surface area contributed by atoms with E-state index in [1.165, 1.54) is 25.7 Å². The van der Waals surface area contributed by atoms with Crippen LogP contribution in [0.1, 0.15) is 99.8 Å². The van der Waals surface area contributed by atoms with E-state index in [9.17, 15) is 9.59 Å². The van der Waals surface area contributed by atoms with Gasteiger partial charge in [0.05, 0.1) is 0 Å². The summed E-state index contributed by atoms with van der Waals surface area (Å²) >= 11 is 0. The molecule has 5 aliphatic rings. The molecule has 0 aromatic rings. The van der Waals surface area contributed by atoms with Crippen molar-refractivity contribution in [1.82, 2.24) is 0 Å². The normalized spacial score (nSPS) is 47.1. The van der Waals surface area contributed by atoms with Gasteiger partial charge in [0.25, 0.3) is 0 Å². The van der Waals surface area contributed by atoms with Crippen molar-refractivity contribution < 1.29 is 14.3 Å². The van der Waals surface area contributed by atoms with Crippen LogP contribution in [-0.2, 0) is 14.3 Å². The maximum absolute atomic E-state index is 12.8. The molecule has 3 fully saturated rings. The summed E-state index contributed by atoms with van der Waals surface area (Å²) in [5.41, 5.74) is 3.08. The van der Waals surface area contributed by atoms with Crippen LogP contribution >= 0.6 is 0 Å². The molecule has 8 unspecified atom stereocenters. The summed E-state index contributed by atoms with van der Waals surface area (Å²) in [6, 6.07) is 0. The predicted octanol–water partition coefficient (Wildman–Crippen LogP) is 7.06. The highest BCUT2D eigenvalue weighted by Crippen LogP contribution is 2.73. The number of carbonyl (C=O) groups is 2. The Labute approximate surface area is 200 Å². The number of Topliss-reactive ketones (excluding diaryl/α,β-unsaturated/α-hetero) is 1. The van der Waals surface area contributed by atoms with Crippen molar-refractivity contribution >= 4 is 11.8 Å². The topological polar surface area (TPSA) is 43.4 Å². The first-order valence-corrected chi connectivity index (χ1v) is 13.5. The smallest absolute Gasteiger partial charge is 0.334 e. The van der Waals surface area contributed by atoms with Gasteiger partial charge in [-0.3, -0.25) is 4.79 Å². The molecule has 0 radical (unpaired) electrons. The van der Waals surface area contributed by atoms with Crippen molar-refractivity contribution in [3.05, 3.63) is 23.3 Å². The van der Waals surface area contributed by atoms with Gasteiger partial charge in [0.1, 0.15) is 11.9 Å². The van der Waals surface area contributed by atoms with E-state index < -0.39 is 0 Å². The maximum Gasteiger partial charge on any atom is 0.334 e. The van der Waals surface area contributed by atoms with Gasteiger partial charge in [-0.2, -0.15) is 0 Å². The molecule has 3 heteroatoms. The van der Waals surface area contributed by atoms with Gasteiger partial charge in [-0.25, -0.2) is 4.79 Å². The fourth-order valence-corrected chi connectivity index (χ4v) is 9.72. The van der Waals surface area contributed by atoms with E-state index in [0.29, 0.717) is 34.9 Å². The van der Waals surface area contributed by atoms with E-state index in [4.69, 9.17) is 4.74 Å². The summed E-state index contributed by atoms with van der Waals surface area (Å²) in [5, 5.41) is 0. The molecule has 3 nitrogen and oxygen atoms in total. The molecule has 0 aromatic heterocycles. The molecule has 1 aliphatic heterocycles. The average Bonchev–Trinajstić information content (AvgIpc) is 3.20. The van der Waals surface area contributed by atoms with Crippen molar-refractivity contribution in [1.29, 1.82) is 0 Å². The number of ketones is 1. The van der Waals surface area contributed by atoms with Crippen LogP contribution in [0.25, 0.3) is 0 Å². The fourth-order valence-electron chi connectivity index (χ4n) is 9.72. The Bertz CT molecular complexity index is 940. The zero-order valence-corrected chi connectivity index (χ0v) is 21.9. The molecular weight excluding hydrogens is 408 g/mol. The molecule has 0 bridgehead atoms. The van der Waals surface area contributed by atoms with Crippen LogP contribution in [0, 0.1) is 45.3 Å². The second-order valence-electron chi connectivity index (χ2n) is 13.6. The van der Waals surface area contributed by atoms with Gasteiger partial charge in [0.2, 0.25) is 0 Å². The lowest BCUT2D eigenvalue weighted by atomic mass is 9.41. The number of allylic oxidation sites excluding steroid dienone is 2. The summed E-state index contributed by atoms with van der Waals surface area (Å²) in [5.74, 6) is 2.62. The van der Waals surface area contributed by atoms with E-state index in [2.05, 4.69) is 47.6 Å². The van der Waals surface area contributed by atoms with E-state index in [1.807, 2.05) is 13.0 Å². The third kappa shape index (κ3) is 3.05. The first-order chi connectivity index (χ1) is 15.3. The molecule has 182 valence electrons. The Hall–Kier alpha value is -1.38. The lowest BCUT2D eigenvalue weighted by Gasteiger charge is -2.63. The monoisotopic (exact) mass is 452 g/mol. The number of esters is 1. The summed E-state index contributed by atoms with van der Waals surface area (Å²) in [6.45, 7) is 16.3. The standard InChI is InChI=1S/C30H44O3/c1-18(16-20-17-19(2)26(32)33-20)21-10-14-30(7)23-8-9-24-27(3,4)25(31)12-13-28(24,5)22(23)11-15-29(21,30)6/h8,17-18,20-22,24H,9-16H2,1-7H3. The quantitative estimate of drug-likeness (QED) is 0.340. The van der Waals surface area contributed by atoms with E-state index in [0.717, 1.165) is 31.3 Å². The Morgan fingerprint density at radius 3 is 2.45 bits per heavy atom. The summed E-state index contributed by atoms with van der Waals surface area (Å²) in [7, 11) is 0. The first-order valence-electron chi connectivity index (χ1n) is 13.5. The van der Waals surface area contributed by atoms with Crippen LogP contribution in [0.3, 0.4) is 0 Å². The molecular formula is C30H44O3. The van der Waals surface area contributed by atoms with Gasteiger partial charge in [0.15, 0.2) is 0 Å². The Morgan fingerprint density at radius 1 is 1.06 bits per heavy atom. The molecule has 0 aromatic carbocycles. The molecule has 0 spiro atoms. The number of hydrogen-bond donors (Lipinski definition) is 0. The third-order valence-corrected chi connectivity index (χ3v) is 12.0. The summed E-state index contributed by atoms with van der Waals surface area (Å²) in [6.07, 6.45) is 13.5. The molecule has 1 heterocycles. The van der Waals surface area contributed by atoms with Gasteiger partial charge >= 0.3 is 5.97 Å². The highest BCUT2D eigenvalue weighted by molar-refractivity contribution is 5.90. The van der Waals surface area contributed by atoms with Gasteiger partial charge in [0, 0.05) is 17.4 Å². The largest absolute Gasteiger partial charge is 0.455 e. The highest BCUT2D eigenvalue weighted by atomic mass is 16.5. The van der Waals surface area contributed by atoms with Crippen LogP contribution in [0.2, 0.25) is 0 Å². The molecule has 0 saturated heterocycles. The molecule has 8 atom stereocenters. The number of cyclic esters (lactones) is 1. The van der Waals surface area contributed by atoms with Gasteiger partial charge in [-0.1, -0.05) is 53.2 Å². The van der Waals surface area contributed by atoms with Crippen molar-refractivity contribution in [3.63, 3.8) is 0 Å². The van der Waals surface area contributed by atoms with Gasteiger partial charge < -0.3 is 4.74 Å². The first kappa shape index (κ1) is 23.4. The van der Waals surface area contributed by atoms with Crippen LogP contribution in [0.15, 0.2) is 23.3 Å². The third-order valence-electron chi connectivity index (χ3n) is 12.0. The minimum absolute atomic E-state index is 0.0464. The fraction of sp³-hybridized carbons (Fsp3) is 0.800. The van der Waals surface area contributed by atoms with Crippen molar-refractivity contribution in [2.24, 2.45) is 45.3 Å². The van der Waals surface area contributed by atoms with Crippen molar-refractivity contribution in [2.75, 3.05) is 0 Å². The zero-order valence-electron chi connectivity index (χ0n) is 21.9. The second-order valence-corrected chi connectivity index (χ2v) is 13.6. The average molecular weight is 453 g/mol. The Kier molecular flexibility index (Phi) is 5.18. The Balaban J connectivity index is 1.43. The van der Waals surface area contributed by atoms with E-state index >= 15 is 0 Å². The highest BCUT2D eigenvalue weighted by Gasteiger charge is 2.65. The zero-order chi connectivity index (χ0) is 24.0. The number of carbonyl (C=O) groups excluding carboxylic acids is 2. The second kappa shape index (κ2) is 7.31. The molecule has 5 rings (SSSR count). The van der Waals surface area contributed by atoms with Crippen LogP contribution < -0.4 is 0 Å². The minimum Gasteiger partial charge on any atom is -0.455 e. The van der Waals surface area contributed by atoms with Crippen LogP contribution in [0.4, 0.5) is 0 Å². The molecule has 0 N–H and O–H groups in total. The summed E-state index contributed by atoms with van der Waals surface area (Å²) in [4.78, 5) is 24.7. The van der Waals surface area contributed by atoms with Crippen LogP contribution in [0.5, 0.6) is 0 Å². The van der Waals surface area contributed by atoms with Gasteiger partial charge in [-0.05, 0) is 97.9 Å². The van der Waals surface area contributed by atoms with E-state index in [-0.39, 0.29) is 28.3 Å². The lowest BCUT2D eigenvalue weighted by molar-refractivity contribution is -0.146. The molecule has 0 amide bonds. The molecule has 3 saturated carbocycles. The Morgan fingerprint density at radius 2 is 1.79 bits per heavy atom. The van der Waals surface area contributed by atoms with Crippen LogP contribution in [-0.4, -0.2) is 17.9 Å². The van der Waals surface area contributed by atoms with Crippen molar-refractivity contribution in [3.8, 4) is 0 Å². The minimum atomic E-state index is -0.201. The number of rotatable bonds is 3. The van der Waals surface area contributed by atoms with E-state index in [1.54, 1.807) is 5.57 Å². The van der Waals surface area contributed by atoms with Gasteiger partial charge in [-0.15, -0.1) is 0 Å². The SMILES string of the molecule is CC1=CC(CC(C)C2CCC3(C)C4=CCC5C(C)(C)C(=O)CCC5(C)C4CCC23C)OC1=O. The predicted molar refractivity (Wildman–Crippen MR) is 131 cm³/mol. The number of ether oxygens (including phenoxy) is 1. The molecule has 4 aliphatic carbocycles. The number of fused-ring (bicyclic) bond motifs is 5. The van der Waals surface area contributed by atoms with Crippen molar-refractivity contribution in [2.45, 2.75) is 106 Å².